The first-order chi connectivity index (χ1) is 9.93. The number of hydrogen-bond acceptors (Lipinski definition) is 3. The monoisotopic (exact) mass is 307 g/mol. The van der Waals surface area contributed by atoms with Crippen LogP contribution in [0.15, 0.2) is 22.6 Å². The van der Waals surface area contributed by atoms with Crippen LogP contribution in [-0.2, 0) is 4.79 Å². The molecule has 1 aromatic heterocycles. The molecule has 0 saturated heterocycles. The highest BCUT2D eigenvalue weighted by Gasteiger charge is 2.46. The average molecular weight is 308 g/mol. The highest BCUT2D eigenvalue weighted by molar-refractivity contribution is 6.31. The molecule has 0 unspecified atom stereocenters. The van der Waals surface area contributed by atoms with Crippen molar-refractivity contribution in [3.63, 3.8) is 0 Å². The van der Waals surface area contributed by atoms with Crippen molar-refractivity contribution in [2.45, 2.75) is 31.7 Å². The molecule has 6 heteroatoms. The van der Waals surface area contributed by atoms with Gasteiger partial charge < -0.3 is 14.8 Å². The van der Waals surface area contributed by atoms with Gasteiger partial charge in [0.05, 0.1) is 0 Å². The van der Waals surface area contributed by atoms with Crippen LogP contribution in [0, 0.1) is 6.92 Å². The Morgan fingerprint density at radius 1 is 1.38 bits per heavy atom. The van der Waals surface area contributed by atoms with E-state index >= 15 is 0 Å². The van der Waals surface area contributed by atoms with Crippen molar-refractivity contribution in [3.05, 3.63) is 34.5 Å². The number of amides is 1. The summed E-state index contributed by atoms with van der Waals surface area (Å²) < 4.78 is 5.55. The predicted octanol–water partition coefficient (Wildman–Crippen LogP) is 3.13. The van der Waals surface area contributed by atoms with Gasteiger partial charge in [0.1, 0.15) is 11.1 Å². The number of carboxylic acid groups (broad SMARTS) is 1. The lowest BCUT2D eigenvalue weighted by molar-refractivity contribution is -0.148. The highest BCUT2D eigenvalue weighted by Crippen LogP contribution is 2.33. The number of aliphatic carboxylic acids is 1. The normalized spacial score (nSPS) is 16.5. The minimum atomic E-state index is -1.15. The maximum Gasteiger partial charge on any atom is 0.329 e. The molecule has 1 heterocycles. The Labute approximate surface area is 125 Å². The van der Waals surface area contributed by atoms with E-state index in [-0.39, 0.29) is 5.76 Å². The van der Waals surface area contributed by atoms with E-state index in [1.165, 1.54) is 0 Å². The van der Waals surface area contributed by atoms with Gasteiger partial charge >= 0.3 is 5.97 Å². The lowest BCUT2D eigenvalue weighted by Gasteiger charge is -2.37. The van der Waals surface area contributed by atoms with Crippen LogP contribution in [0.1, 0.15) is 35.4 Å². The molecule has 1 aliphatic rings. The highest BCUT2D eigenvalue weighted by atomic mass is 35.5. The zero-order chi connectivity index (χ0) is 15.2. The largest absolute Gasteiger partial charge is 0.480 e. The van der Waals surface area contributed by atoms with Crippen LogP contribution in [0.3, 0.4) is 0 Å². The number of halogens is 1. The number of carbonyl (C=O) groups excluding carboxylic acids is 1. The topological polar surface area (TPSA) is 79.5 Å². The molecule has 1 aliphatic carbocycles. The fourth-order valence-corrected chi connectivity index (χ4v) is 2.78. The van der Waals surface area contributed by atoms with Gasteiger partial charge in [0.25, 0.3) is 5.91 Å². The second kappa shape index (κ2) is 4.77. The molecule has 1 saturated carbocycles. The first kappa shape index (κ1) is 13.9. The molecule has 110 valence electrons. The van der Waals surface area contributed by atoms with Crippen LogP contribution >= 0.6 is 11.6 Å². The Hall–Kier alpha value is -2.01. The van der Waals surface area contributed by atoms with E-state index in [4.69, 9.17) is 16.0 Å². The molecule has 1 amide bonds. The maximum atomic E-state index is 12.3. The third-order valence-electron chi connectivity index (χ3n) is 4.07. The number of hydrogen-bond donors (Lipinski definition) is 2. The molecule has 3 rings (SSSR count). The van der Waals surface area contributed by atoms with Gasteiger partial charge in [-0.25, -0.2) is 4.79 Å². The molecular formula is C15H14ClNO4. The summed E-state index contributed by atoms with van der Waals surface area (Å²) in [7, 11) is 0. The van der Waals surface area contributed by atoms with Crippen LogP contribution in [0.4, 0.5) is 0 Å². The van der Waals surface area contributed by atoms with Crippen LogP contribution in [0.5, 0.6) is 0 Å². The fraction of sp³-hybridized carbons (Fsp3) is 0.333. The summed E-state index contributed by atoms with van der Waals surface area (Å²) in [4.78, 5) is 23.6. The second-order valence-electron chi connectivity index (χ2n) is 5.39. The summed E-state index contributed by atoms with van der Waals surface area (Å²) in [5, 5.41) is 13.2. The quantitative estimate of drug-likeness (QED) is 0.913. The number of carboxylic acids is 1. The summed E-state index contributed by atoms with van der Waals surface area (Å²) in [5.41, 5.74) is 0.0602. The molecule has 0 aliphatic heterocycles. The van der Waals surface area contributed by atoms with Crippen molar-refractivity contribution in [3.8, 4) is 0 Å². The number of aryl methyl sites for hydroxylation is 1. The van der Waals surface area contributed by atoms with Gasteiger partial charge in [-0.3, -0.25) is 4.79 Å². The third kappa shape index (κ3) is 2.17. The smallest absolute Gasteiger partial charge is 0.329 e. The first-order valence-corrected chi connectivity index (χ1v) is 7.05. The minimum Gasteiger partial charge on any atom is -0.480 e. The lowest BCUT2D eigenvalue weighted by Crippen LogP contribution is -2.59. The summed E-state index contributed by atoms with van der Waals surface area (Å²) in [6.45, 7) is 1.76. The molecule has 0 spiro atoms. The van der Waals surface area contributed by atoms with Crippen molar-refractivity contribution in [1.82, 2.24) is 5.32 Å². The molecular weight excluding hydrogens is 294 g/mol. The summed E-state index contributed by atoms with van der Waals surface area (Å²) in [5.74, 6) is -1.36. The van der Waals surface area contributed by atoms with Gasteiger partial charge in [-0.1, -0.05) is 11.6 Å². The number of nitrogens with one attached hydrogen (secondary N) is 1. The first-order valence-electron chi connectivity index (χ1n) is 6.67. The van der Waals surface area contributed by atoms with Gasteiger partial charge in [0, 0.05) is 16.0 Å². The number of benzene rings is 1. The van der Waals surface area contributed by atoms with E-state index in [0.717, 1.165) is 11.8 Å². The van der Waals surface area contributed by atoms with Gasteiger partial charge in [-0.2, -0.15) is 0 Å². The summed E-state index contributed by atoms with van der Waals surface area (Å²) in [6.07, 6.45) is 1.68. The van der Waals surface area contributed by atoms with Crippen LogP contribution in [-0.4, -0.2) is 22.5 Å². The number of furan rings is 1. The van der Waals surface area contributed by atoms with E-state index < -0.39 is 17.4 Å². The molecule has 1 aromatic carbocycles. The van der Waals surface area contributed by atoms with Gasteiger partial charge in [-0.15, -0.1) is 0 Å². The van der Waals surface area contributed by atoms with E-state index in [2.05, 4.69) is 5.32 Å². The Morgan fingerprint density at radius 2 is 2.10 bits per heavy atom. The van der Waals surface area contributed by atoms with E-state index in [9.17, 15) is 14.7 Å². The third-order valence-corrected chi connectivity index (χ3v) is 4.31. The summed E-state index contributed by atoms with van der Waals surface area (Å²) >= 11 is 5.94. The zero-order valence-electron chi connectivity index (χ0n) is 11.4. The maximum absolute atomic E-state index is 12.3. The Balaban J connectivity index is 1.95. The van der Waals surface area contributed by atoms with Crippen LogP contribution in [0.25, 0.3) is 11.0 Å². The predicted molar refractivity (Wildman–Crippen MR) is 77.6 cm³/mol. The Kier molecular flexibility index (Phi) is 3.17. The zero-order valence-corrected chi connectivity index (χ0v) is 12.2. The van der Waals surface area contributed by atoms with Crippen molar-refractivity contribution in [2.75, 3.05) is 0 Å². The molecule has 0 radical (unpaired) electrons. The van der Waals surface area contributed by atoms with E-state index in [0.29, 0.717) is 29.0 Å². The Morgan fingerprint density at radius 3 is 2.67 bits per heavy atom. The molecule has 0 atom stereocenters. The molecule has 21 heavy (non-hydrogen) atoms. The van der Waals surface area contributed by atoms with Gasteiger partial charge in [0.15, 0.2) is 5.76 Å². The van der Waals surface area contributed by atoms with Crippen LogP contribution < -0.4 is 5.32 Å². The second-order valence-corrected chi connectivity index (χ2v) is 5.83. The molecule has 0 bridgehead atoms. The lowest BCUT2D eigenvalue weighted by atomic mass is 9.76. The fourth-order valence-electron chi connectivity index (χ4n) is 2.61. The summed E-state index contributed by atoms with van der Waals surface area (Å²) in [6, 6.07) is 5.10. The van der Waals surface area contributed by atoms with Gasteiger partial charge in [-0.05, 0) is 44.4 Å². The molecule has 2 N–H and O–H groups in total. The van der Waals surface area contributed by atoms with Crippen LogP contribution in [0.2, 0.25) is 5.02 Å². The van der Waals surface area contributed by atoms with Crippen molar-refractivity contribution < 1.29 is 19.1 Å². The number of rotatable bonds is 3. The molecule has 2 aromatic rings. The van der Waals surface area contributed by atoms with E-state index in [1.807, 2.05) is 0 Å². The Bertz CT molecular complexity index is 745. The minimum absolute atomic E-state index is 0.139. The standard InChI is InChI=1S/C15H14ClNO4/c1-8-10-7-9(16)3-4-11(10)21-12(8)13(18)17-15(14(19)20)5-2-6-15/h3-4,7H,2,5-6H2,1H3,(H,17,18)(H,19,20). The van der Waals surface area contributed by atoms with Crippen molar-refractivity contribution >= 4 is 34.4 Å². The SMILES string of the molecule is Cc1c(C(=O)NC2(C(=O)O)CCC2)oc2ccc(Cl)cc12. The number of carbonyl (C=O) groups is 2. The molecule has 5 nitrogen and oxygen atoms in total. The molecule has 1 fully saturated rings. The van der Waals surface area contributed by atoms with Crippen molar-refractivity contribution in [1.29, 1.82) is 0 Å². The van der Waals surface area contributed by atoms with Gasteiger partial charge in [0.2, 0.25) is 0 Å². The van der Waals surface area contributed by atoms with E-state index in [1.54, 1.807) is 25.1 Å². The van der Waals surface area contributed by atoms with Crippen molar-refractivity contribution in [2.24, 2.45) is 0 Å². The number of fused-ring (bicyclic) bond motifs is 1. The average Bonchev–Trinajstić information content (AvgIpc) is 2.71.